The second kappa shape index (κ2) is 9.14. The number of rotatable bonds is 3. The van der Waals surface area contributed by atoms with Gasteiger partial charge in [-0.15, -0.1) is 0 Å². The number of anilines is 1. The van der Waals surface area contributed by atoms with Crippen LogP contribution in [-0.4, -0.2) is 16.8 Å². The van der Waals surface area contributed by atoms with Crippen molar-refractivity contribution in [1.82, 2.24) is 0 Å². The van der Waals surface area contributed by atoms with Crippen LogP contribution in [0.3, 0.4) is 0 Å². The summed E-state index contributed by atoms with van der Waals surface area (Å²) >= 11 is 12.4. The summed E-state index contributed by atoms with van der Waals surface area (Å²) < 4.78 is 13.6. The van der Waals surface area contributed by atoms with E-state index >= 15 is 0 Å². The number of carbonyl (C=O) groups excluding carboxylic acids is 2. The third-order valence-electron chi connectivity index (χ3n) is 6.17. The van der Waals surface area contributed by atoms with E-state index in [1.165, 1.54) is 29.2 Å². The Morgan fingerprint density at radius 1 is 0.943 bits per heavy atom. The Bertz CT molecular complexity index is 1370. The first-order valence-electron chi connectivity index (χ1n) is 11.0. The number of hydrogen-bond acceptors (Lipinski definition) is 3. The van der Waals surface area contributed by atoms with Crippen LogP contribution >= 0.6 is 23.2 Å². The number of halogens is 3. The highest BCUT2D eigenvalue weighted by Crippen LogP contribution is 2.44. The summed E-state index contributed by atoms with van der Waals surface area (Å²) in [4.78, 5) is 27.9. The predicted octanol–water partition coefficient (Wildman–Crippen LogP) is 7.36. The topological polar surface area (TPSA) is 57.6 Å². The molecule has 3 aromatic carbocycles. The highest BCUT2D eigenvalue weighted by atomic mass is 35.5. The molecule has 1 atom stereocenters. The Morgan fingerprint density at radius 2 is 1.60 bits per heavy atom. The maximum absolute atomic E-state index is 13.6. The van der Waals surface area contributed by atoms with Gasteiger partial charge in [-0.05, 0) is 71.5 Å². The first-order chi connectivity index (χ1) is 16.4. The minimum atomic E-state index is -0.993. The van der Waals surface area contributed by atoms with Crippen LogP contribution in [-0.2, 0) is 15.0 Å². The van der Waals surface area contributed by atoms with E-state index in [4.69, 9.17) is 23.2 Å². The normalized spacial score (nSPS) is 17.8. The Kier molecular flexibility index (Phi) is 6.52. The largest absolute Gasteiger partial charge is 0.507 e. The smallest absolute Gasteiger partial charge is 0.300 e. The van der Waals surface area contributed by atoms with Crippen LogP contribution in [0.15, 0.2) is 66.2 Å². The molecule has 1 aliphatic heterocycles. The molecule has 1 heterocycles. The van der Waals surface area contributed by atoms with Gasteiger partial charge in [0, 0.05) is 11.3 Å². The Morgan fingerprint density at radius 3 is 2.20 bits per heavy atom. The molecule has 1 fully saturated rings. The van der Waals surface area contributed by atoms with Gasteiger partial charge >= 0.3 is 0 Å². The van der Waals surface area contributed by atoms with Crippen molar-refractivity contribution in [2.45, 2.75) is 39.2 Å². The van der Waals surface area contributed by atoms with Crippen molar-refractivity contribution in [3.05, 3.63) is 104 Å². The number of aliphatic hydroxyl groups excluding tert-OH is 1. The van der Waals surface area contributed by atoms with Gasteiger partial charge in [0.25, 0.3) is 11.7 Å². The second-order valence-corrected chi connectivity index (χ2v) is 10.4. The number of aliphatic hydroxyl groups is 1. The van der Waals surface area contributed by atoms with Gasteiger partial charge in [0.1, 0.15) is 11.6 Å². The molecule has 1 N–H and O–H groups in total. The van der Waals surface area contributed by atoms with Gasteiger partial charge in [-0.25, -0.2) is 4.39 Å². The fourth-order valence-corrected chi connectivity index (χ4v) is 4.49. The summed E-state index contributed by atoms with van der Waals surface area (Å²) in [5.74, 6) is -2.44. The van der Waals surface area contributed by atoms with E-state index in [0.29, 0.717) is 21.8 Å². The molecule has 35 heavy (non-hydrogen) atoms. The van der Waals surface area contributed by atoms with Crippen molar-refractivity contribution in [3.8, 4) is 0 Å². The second-order valence-electron chi connectivity index (χ2n) is 9.60. The molecule has 1 saturated heterocycles. The minimum absolute atomic E-state index is 0.0770. The first-order valence-corrected chi connectivity index (χ1v) is 11.8. The van der Waals surface area contributed by atoms with Crippen molar-refractivity contribution in [2.75, 3.05) is 4.90 Å². The van der Waals surface area contributed by atoms with Crippen molar-refractivity contribution in [3.63, 3.8) is 0 Å². The molecule has 0 spiro atoms. The molecule has 1 amide bonds. The standard InChI is InChI=1S/C28H24Cl2FNO3/c1-15-5-7-17(28(2,3)4)14-20(15)25(33)23-24(16-6-12-21(29)22(30)13-16)32(27(35)26(23)34)19-10-8-18(31)9-11-19/h5-14,24,33H,1-4H3/b25-23+. The quantitative estimate of drug-likeness (QED) is 0.227. The molecule has 3 aromatic rings. The van der Waals surface area contributed by atoms with Crippen molar-refractivity contribution in [2.24, 2.45) is 0 Å². The summed E-state index contributed by atoms with van der Waals surface area (Å²) in [6.07, 6.45) is 0. The van der Waals surface area contributed by atoms with E-state index in [9.17, 15) is 19.1 Å². The summed E-state index contributed by atoms with van der Waals surface area (Å²) in [6, 6.07) is 14.7. The van der Waals surface area contributed by atoms with E-state index in [0.717, 1.165) is 11.1 Å². The van der Waals surface area contributed by atoms with E-state index in [-0.39, 0.29) is 21.8 Å². The molecule has 0 bridgehead atoms. The molecule has 0 aliphatic carbocycles. The lowest BCUT2D eigenvalue weighted by Gasteiger charge is -2.26. The fourth-order valence-electron chi connectivity index (χ4n) is 4.19. The molecular formula is C28H24Cl2FNO3. The van der Waals surface area contributed by atoms with Gasteiger partial charge in [-0.3, -0.25) is 14.5 Å². The lowest BCUT2D eigenvalue weighted by Crippen LogP contribution is -2.29. The lowest BCUT2D eigenvalue weighted by molar-refractivity contribution is -0.132. The van der Waals surface area contributed by atoms with Crippen LogP contribution in [0.1, 0.15) is 49.1 Å². The molecule has 1 unspecified atom stereocenters. The van der Waals surface area contributed by atoms with Gasteiger partial charge in [0.15, 0.2) is 0 Å². The van der Waals surface area contributed by atoms with Crippen LogP contribution in [0.25, 0.3) is 5.76 Å². The molecule has 7 heteroatoms. The lowest BCUT2D eigenvalue weighted by atomic mass is 9.84. The molecule has 0 saturated carbocycles. The summed E-state index contributed by atoms with van der Waals surface area (Å²) in [6.45, 7) is 7.96. The number of carbonyl (C=O) groups is 2. The zero-order chi connectivity index (χ0) is 25.7. The number of aryl methyl sites for hydroxylation is 1. The van der Waals surface area contributed by atoms with Crippen LogP contribution in [0, 0.1) is 12.7 Å². The fraction of sp³-hybridized carbons (Fsp3) is 0.214. The zero-order valence-electron chi connectivity index (χ0n) is 19.7. The molecule has 1 aliphatic rings. The Labute approximate surface area is 213 Å². The van der Waals surface area contributed by atoms with Crippen molar-refractivity contribution >= 4 is 46.3 Å². The number of amides is 1. The van der Waals surface area contributed by atoms with E-state index in [1.807, 2.05) is 45.9 Å². The number of nitrogens with zero attached hydrogens (tertiary/aromatic N) is 1. The average Bonchev–Trinajstić information content (AvgIpc) is 3.06. The molecular weight excluding hydrogens is 488 g/mol. The monoisotopic (exact) mass is 511 g/mol. The van der Waals surface area contributed by atoms with Crippen LogP contribution in [0.4, 0.5) is 10.1 Å². The van der Waals surface area contributed by atoms with E-state index in [1.54, 1.807) is 18.2 Å². The van der Waals surface area contributed by atoms with E-state index in [2.05, 4.69) is 0 Å². The SMILES string of the molecule is Cc1ccc(C(C)(C)C)cc1/C(O)=C1\C(=O)C(=O)N(c2ccc(F)cc2)C1c1ccc(Cl)c(Cl)c1. The average molecular weight is 512 g/mol. The zero-order valence-corrected chi connectivity index (χ0v) is 21.2. The minimum Gasteiger partial charge on any atom is -0.507 e. The van der Waals surface area contributed by atoms with E-state index < -0.39 is 23.5 Å². The highest BCUT2D eigenvalue weighted by Gasteiger charge is 2.47. The van der Waals surface area contributed by atoms with Gasteiger partial charge in [0.2, 0.25) is 0 Å². The Hall–Kier alpha value is -3.15. The third kappa shape index (κ3) is 4.58. The number of ketones is 1. The summed E-state index contributed by atoms with van der Waals surface area (Å²) in [5, 5.41) is 12.0. The number of Topliss-reactive ketones (excluding diaryl/α,β-unsaturated/α-hetero) is 1. The molecule has 4 rings (SSSR count). The number of hydrogen-bond donors (Lipinski definition) is 1. The van der Waals surface area contributed by atoms with Crippen molar-refractivity contribution in [1.29, 1.82) is 0 Å². The van der Waals surface area contributed by atoms with Gasteiger partial charge in [-0.2, -0.15) is 0 Å². The Balaban J connectivity index is 1.99. The predicted molar refractivity (Wildman–Crippen MR) is 138 cm³/mol. The van der Waals surface area contributed by atoms with Gasteiger partial charge in [0.05, 0.1) is 21.7 Å². The number of benzene rings is 3. The highest BCUT2D eigenvalue weighted by molar-refractivity contribution is 6.52. The van der Waals surface area contributed by atoms with Gasteiger partial charge < -0.3 is 5.11 Å². The van der Waals surface area contributed by atoms with Crippen LogP contribution in [0.2, 0.25) is 10.0 Å². The van der Waals surface area contributed by atoms with Gasteiger partial charge in [-0.1, -0.05) is 62.2 Å². The summed E-state index contributed by atoms with van der Waals surface area (Å²) in [5.41, 5.74) is 2.68. The van der Waals surface area contributed by atoms with Crippen molar-refractivity contribution < 1.29 is 19.1 Å². The molecule has 4 nitrogen and oxygen atoms in total. The maximum atomic E-state index is 13.6. The van der Waals surface area contributed by atoms with Crippen LogP contribution in [0.5, 0.6) is 0 Å². The molecule has 0 aromatic heterocycles. The maximum Gasteiger partial charge on any atom is 0.300 e. The third-order valence-corrected chi connectivity index (χ3v) is 6.91. The first kappa shape index (κ1) is 25.0. The molecule has 0 radical (unpaired) electrons. The molecule has 180 valence electrons. The summed E-state index contributed by atoms with van der Waals surface area (Å²) in [7, 11) is 0. The van der Waals surface area contributed by atoms with Crippen LogP contribution < -0.4 is 4.90 Å².